The lowest BCUT2D eigenvalue weighted by Gasteiger charge is -1.98. The standard InChI is InChI=1S/C8H6BrN5O/c9-6-1-7(12-4-11-6)14-3-5(2-13-14)8(10)15/h1-4H,(H2,10,15). The van der Waals surface area contributed by atoms with Crippen molar-refractivity contribution in [3.05, 3.63) is 35.0 Å². The molecule has 0 saturated carbocycles. The van der Waals surface area contributed by atoms with Crippen LogP contribution in [0.3, 0.4) is 0 Å². The lowest BCUT2D eigenvalue weighted by molar-refractivity contribution is 0.100. The summed E-state index contributed by atoms with van der Waals surface area (Å²) >= 11 is 3.21. The number of nitrogens with zero attached hydrogens (tertiary/aromatic N) is 4. The zero-order chi connectivity index (χ0) is 10.8. The first kappa shape index (κ1) is 9.78. The minimum Gasteiger partial charge on any atom is -0.366 e. The molecular weight excluding hydrogens is 262 g/mol. The van der Waals surface area contributed by atoms with Crippen molar-refractivity contribution in [2.45, 2.75) is 0 Å². The molecule has 0 fully saturated rings. The van der Waals surface area contributed by atoms with Gasteiger partial charge in [0.05, 0.1) is 11.8 Å². The Kier molecular flexibility index (Phi) is 2.46. The van der Waals surface area contributed by atoms with E-state index in [0.29, 0.717) is 16.0 Å². The maximum Gasteiger partial charge on any atom is 0.251 e. The Bertz CT molecular complexity index is 509. The van der Waals surface area contributed by atoms with E-state index in [-0.39, 0.29) is 0 Å². The zero-order valence-corrected chi connectivity index (χ0v) is 9.05. The van der Waals surface area contributed by atoms with Crippen molar-refractivity contribution in [1.82, 2.24) is 19.7 Å². The lowest BCUT2D eigenvalue weighted by atomic mass is 10.3. The van der Waals surface area contributed by atoms with Crippen molar-refractivity contribution in [2.75, 3.05) is 0 Å². The Morgan fingerprint density at radius 1 is 1.47 bits per heavy atom. The molecule has 76 valence electrons. The van der Waals surface area contributed by atoms with Crippen LogP contribution in [0.1, 0.15) is 10.4 Å². The van der Waals surface area contributed by atoms with Crippen LogP contribution < -0.4 is 5.73 Å². The van der Waals surface area contributed by atoms with Crippen LogP contribution in [-0.4, -0.2) is 25.7 Å². The summed E-state index contributed by atoms with van der Waals surface area (Å²) in [5, 5.41) is 3.95. The number of halogens is 1. The number of amides is 1. The summed E-state index contributed by atoms with van der Waals surface area (Å²) < 4.78 is 2.09. The van der Waals surface area contributed by atoms with Crippen LogP contribution in [0.4, 0.5) is 0 Å². The van der Waals surface area contributed by atoms with Gasteiger partial charge >= 0.3 is 0 Å². The van der Waals surface area contributed by atoms with E-state index in [1.165, 1.54) is 23.4 Å². The topological polar surface area (TPSA) is 86.7 Å². The number of carbonyl (C=O) groups excluding carboxylic acids is 1. The van der Waals surface area contributed by atoms with E-state index >= 15 is 0 Å². The average Bonchev–Trinajstić information content (AvgIpc) is 2.66. The quantitative estimate of drug-likeness (QED) is 0.804. The number of aromatic nitrogens is 4. The van der Waals surface area contributed by atoms with E-state index in [0.717, 1.165) is 0 Å². The molecule has 15 heavy (non-hydrogen) atoms. The van der Waals surface area contributed by atoms with Gasteiger partial charge in [-0.05, 0) is 15.9 Å². The molecule has 0 atom stereocenters. The molecule has 0 aromatic carbocycles. The Morgan fingerprint density at radius 3 is 2.87 bits per heavy atom. The van der Waals surface area contributed by atoms with Gasteiger partial charge in [-0.15, -0.1) is 0 Å². The van der Waals surface area contributed by atoms with Gasteiger partial charge in [-0.2, -0.15) is 5.10 Å². The van der Waals surface area contributed by atoms with E-state index in [2.05, 4.69) is 31.0 Å². The highest BCUT2D eigenvalue weighted by Crippen LogP contribution is 2.09. The van der Waals surface area contributed by atoms with E-state index in [1.54, 1.807) is 6.07 Å². The summed E-state index contributed by atoms with van der Waals surface area (Å²) in [6.07, 6.45) is 4.29. The Labute approximate surface area is 93.3 Å². The maximum atomic E-state index is 10.8. The molecule has 2 aromatic rings. The highest BCUT2D eigenvalue weighted by atomic mass is 79.9. The molecule has 0 spiro atoms. The largest absolute Gasteiger partial charge is 0.366 e. The van der Waals surface area contributed by atoms with Crippen molar-refractivity contribution in [3.8, 4) is 5.82 Å². The molecule has 2 rings (SSSR count). The van der Waals surface area contributed by atoms with Gasteiger partial charge in [0.1, 0.15) is 10.9 Å². The van der Waals surface area contributed by atoms with Crippen molar-refractivity contribution in [1.29, 1.82) is 0 Å². The van der Waals surface area contributed by atoms with Gasteiger partial charge < -0.3 is 5.73 Å². The molecule has 0 aliphatic heterocycles. The predicted molar refractivity (Wildman–Crippen MR) is 55.4 cm³/mol. The Balaban J connectivity index is 2.41. The molecule has 0 bridgehead atoms. The van der Waals surface area contributed by atoms with Gasteiger partial charge in [0.15, 0.2) is 5.82 Å². The average molecular weight is 268 g/mol. The van der Waals surface area contributed by atoms with Crippen molar-refractivity contribution >= 4 is 21.8 Å². The second-order valence-electron chi connectivity index (χ2n) is 2.74. The van der Waals surface area contributed by atoms with E-state index < -0.39 is 5.91 Å². The molecule has 2 aromatic heterocycles. The summed E-state index contributed by atoms with van der Waals surface area (Å²) in [5.74, 6) is 0.0405. The lowest BCUT2D eigenvalue weighted by Crippen LogP contribution is -2.09. The van der Waals surface area contributed by atoms with Gasteiger partial charge in [0.25, 0.3) is 5.91 Å². The number of rotatable bonds is 2. The third-order valence-electron chi connectivity index (χ3n) is 1.72. The number of nitrogens with two attached hydrogens (primary N) is 1. The van der Waals surface area contributed by atoms with Crippen LogP contribution in [0.15, 0.2) is 29.4 Å². The number of primary amides is 1. The number of carbonyl (C=O) groups is 1. The third-order valence-corrected chi connectivity index (χ3v) is 2.15. The summed E-state index contributed by atoms with van der Waals surface area (Å²) in [4.78, 5) is 18.7. The van der Waals surface area contributed by atoms with Crippen LogP contribution >= 0.6 is 15.9 Å². The molecule has 0 saturated heterocycles. The highest BCUT2D eigenvalue weighted by molar-refractivity contribution is 9.10. The molecule has 6 nitrogen and oxygen atoms in total. The first-order valence-electron chi connectivity index (χ1n) is 3.99. The minimum atomic E-state index is -0.519. The number of hydrogen-bond acceptors (Lipinski definition) is 4. The van der Waals surface area contributed by atoms with Gasteiger partial charge in [-0.1, -0.05) is 0 Å². The summed E-state index contributed by atoms with van der Waals surface area (Å²) in [5.41, 5.74) is 5.44. The monoisotopic (exact) mass is 267 g/mol. The van der Waals surface area contributed by atoms with Gasteiger partial charge in [-0.3, -0.25) is 4.79 Å². The third kappa shape index (κ3) is 2.01. The Morgan fingerprint density at radius 2 is 2.27 bits per heavy atom. The van der Waals surface area contributed by atoms with Crippen molar-refractivity contribution in [2.24, 2.45) is 5.73 Å². The molecule has 2 heterocycles. The fourth-order valence-electron chi connectivity index (χ4n) is 1.02. The second kappa shape index (κ2) is 3.77. The highest BCUT2D eigenvalue weighted by Gasteiger charge is 2.06. The maximum absolute atomic E-state index is 10.8. The van der Waals surface area contributed by atoms with Crippen LogP contribution in [0.5, 0.6) is 0 Å². The summed E-state index contributed by atoms with van der Waals surface area (Å²) in [6.45, 7) is 0. The predicted octanol–water partition coefficient (Wildman–Crippen LogP) is 0.524. The van der Waals surface area contributed by atoms with Crippen molar-refractivity contribution < 1.29 is 4.79 Å². The molecule has 0 radical (unpaired) electrons. The molecule has 0 aliphatic rings. The van der Waals surface area contributed by atoms with Gasteiger partial charge in [0, 0.05) is 12.3 Å². The molecule has 2 N–H and O–H groups in total. The van der Waals surface area contributed by atoms with E-state index in [4.69, 9.17) is 5.73 Å². The van der Waals surface area contributed by atoms with Crippen molar-refractivity contribution in [3.63, 3.8) is 0 Å². The number of hydrogen-bond donors (Lipinski definition) is 1. The van der Waals surface area contributed by atoms with E-state index in [9.17, 15) is 4.79 Å². The molecular formula is C8H6BrN5O. The minimum absolute atomic E-state index is 0.338. The first-order valence-corrected chi connectivity index (χ1v) is 4.78. The summed E-state index contributed by atoms with van der Waals surface area (Å²) in [7, 11) is 0. The Hall–Kier alpha value is -1.76. The van der Waals surface area contributed by atoms with Crippen LogP contribution in [-0.2, 0) is 0 Å². The second-order valence-corrected chi connectivity index (χ2v) is 3.55. The first-order chi connectivity index (χ1) is 7.16. The van der Waals surface area contributed by atoms with E-state index in [1.807, 2.05) is 0 Å². The van der Waals surface area contributed by atoms with Crippen LogP contribution in [0.2, 0.25) is 0 Å². The normalized spacial score (nSPS) is 10.2. The molecule has 1 amide bonds. The smallest absolute Gasteiger partial charge is 0.251 e. The van der Waals surface area contributed by atoms with Gasteiger partial charge in [0.2, 0.25) is 0 Å². The SMILES string of the molecule is NC(=O)c1cnn(-c2cc(Br)ncn2)c1. The fourth-order valence-corrected chi connectivity index (χ4v) is 1.32. The molecule has 0 aliphatic carbocycles. The van der Waals surface area contributed by atoms with Crippen LogP contribution in [0.25, 0.3) is 5.82 Å². The summed E-state index contributed by atoms with van der Waals surface area (Å²) in [6, 6.07) is 1.68. The zero-order valence-electron chi connectivity index (χ0n) is 7.46. The van der Waals surface area contributed by atoms with Crippen LogP contribution in [0, 0.1) is 0 Å². The fraction of sp³-hybridized carbons (Fsp3) is 0. The van der Waals surface area contributed by atoms with Gasteiger partial charge in [-0.25, -0.2) is 14.6 Å². The molecule has 7 heteroatoms. The molecule has 0 unspecified atom stereocenters.